The molecule has 0 amide bonds. The summed E-state index contributed by atoms with van der Waals surface area (Å²) in [6.45, 7) is 2.28. The van der Waals surface area contributed by atoms with Crippen LogP contribution >= 0.6 is 11.6 Å². The molecular formula is C8H11ClN2O3. The van der Waals surface area contributed by atoms with Crippen molar-refractivity contribution in [3.8, 4) is 0 Å². The fourth-order valence-corrected chi connectivity index (χ4v) is 1.20. The zero-order valence-electron chi connectivity index (χ0n) is 7.90. The molecule has 1 aromatic heterocycles. The normalized spacial score (nSPS) is 12.8. The number of hydrogen-bond acceptors (Lipinski definition) is 3. The second-order valence-electron chi connectivity index (χ2n) is 2.88. The van der Waals surface area contributed by atoms with E-state index in [0.717, 1.165) is 0 Å². The molecule has 6 heteroatoms. The van der Waals surface area contributed by atoms with Crippen LogP contribution in [0.4, 0.5) is 0 Å². The van der Waals surface area contributed by atoms with Gasteiger partial charge in [0.25, 0.3) is 0 Å². The van der Waals surface area contributed by atoms with E-state index < -0.39 is 5.97 Å². The number of carbonyl (C=O) groups is 1. The molecule has 0 fully saturated rings. The third kappa shape index (κ3) is 2.24. The molecule has 1 heterocycles. The predicted octanol–water partition coefficient (Wildman–Crippen LogP) is 1.27. The number of aromatic nitrogens is 2. The van der Waals surface area contributed by atoms with Crippen molar-refractivity contribution in [2.24, 2.45) is 0 Å². The summed E-state index contributed by atoms with van der Waals surface area (Å²) in [6.07, 6.45) is 1.17. The van der Waals surface area contributed by atoms with Gasteiger partial charge in [0.15, 0.2) is 0 Å². The summed E-state index contributed by atoms with van der Waals surface area (Å²) in [5.74, 6) is -1.08. The van der Waals surface area contributed by atoms with Crippen molar-refractivity contribution in [1.29, 1.82) is 0 Å². The molecule has 0 saturated carbocycles. The lowest BCUT2D eigenvalue weighted by atomic mass is 10.3. The molecule has 1 N–H and O–H groups in total. The van der Waals surface area contributed by atoms with Gasteiger partial charge in [-0.25, -0.2) is 4.79 Å². The van der Waals surface area contributed by atoms with Gasteiger partial charge in [0.2, 0.25) is 0 Å². The Hall–Kier alpha value is -1.07. The molecule has 0 aliphatic heterocycles. The summed E-state index contributed by atoms with van der Waals surface area (Å²) in [5, 5.41) is 12.7. The van der Waals surface area contributed by atoms with Crippen LogP contribution in [0.2, 0.25) is 5.15 Å². The van der Waals surface area contributed by atoms with E-state index in [1.54, 1.807) is 7.11 Å². The van der Waals surface area contributed by atoms with E-state index in [4.69, 9.17) is 21.4 Å². The van der Waals surface area contributed by atoms with E-state index in [1.165, 1.54) is 10.9 Å². The highest BCUT2D eigenvalue weighted by Gasteiger charge is 2.15. The molecule has 0 aliphatic carbocycles. The fraction of sp³-hybridized carbons (Fsp3) is 0.500. The van der Waals surface area contributed by atoms with Crippen molar-refractivity contribution < 1.29 is 14.6 Å². The minimum Gasteiger partial charge on any atom is -0.478 e. The van der Waals surface area contributed by atoms with Gasteiger partial charge in [-0.15, -0.1) is 0 Å². The first-order valence-electron chi connectivity index (χ1n) is 4.03. The van der Waals surface area contributed by atoms with Gasteiger partial charge in [-0.2, -0.15) is 5.10 Å². The topological polar surface area (TPSA) is 64.4 Å². The van der Waals surface area contributed by atoms with Crippen LogP contribution in [-0.2, 0) is 11.3 Å². The van der Waals surface area contributed by atoms with Crippen molar-refractivity contribution in [2.45, 2.75) is 19.6 Å². The molecule has 0 aliphatic rings. The first kappa shape index (κ1) is 11.0. The first-order valence-corrected chi connectivity index (χ1v) is 4.41. The summed E-state index contributed by atoms with van der Waals surface area (Å²) in [6, 6.07) is 0. The van der Waals surface area contributed by atoms with Crippen LogP contribution < -0.4 is 0 Å². The molecule has 0 radical (unpaired) electrons. The largest absolute Gasteiger partial charge is 0.478 e. The van der Waals surface area contributed by atoms with E-state index in [1.807, 2.05) is 6.92 Å². The summed E-state index contributed by atoms with van der Waals surface area (Å²) in [4.78, 5) is 10.6. The van der Waals surface area contributed by atoms with Gasteiger partial charge in [0.05, 0.1) is 18.8 Å². The van der Waals surface area contributed by atoms with Gasteiger partial charge in [0.1, 0.15) is 10.7 Å². The highest BCUT2D eigenvalue weighted by atomic mass is 35.5. The fourth-order valence-electron chi connectivity index (χ4n) is 0.959. The Morgan fingerprint density at radius 2 is 2.50 bits per heavy atom. The molecule has 0 aromatic carbocycles. The monoisotopic (exact) mass is 218 g/mol. The Labute approximate surface area is 86.2 Å². The summed E-state index contributed by atoms with van der Waals surface area (Å²) >= 11 is 5.78. The summed E-state index contributed by atoms with van der Waals surface area (Å²) < 4.78 is 6.41. The average Bonchev–Trinajstić information content (AvgIpc) is 2.48. The molecule has 0 spiro atoms. The van der Waals surface area contributed by atoms with E-state index in [-0.39, 0.29) is 16.8 Å². The summed E-state index contributed by atoms with van der Waals surface area (Å²) in [7, 11) is 1.57. The predicted molar refractivity (Wildman–Crippen MR) is 50.7 cm³/mol. The standard InChI is InChI=1S/C8H11ClN2O3/c1-5(14-2)4-11-7(9)6(3-10-11)8(12)13/h3,5H,4H2,1-2H3,(H,12,13). The maximum absolute atomic E-state index is 10.6. The van der Waals surface area contributed by atoms with E-state index in [9.17, 15) is 4.79 Å². The van der Waals surface area contributed by atoms with Crippen LogP contribution in [0.3, 0.4) is 0 Å². The second kappa shape index (κ2) is 4.43. The number of rotatable bonds is 4. The lowest BCUT2D eigenvalue weighted by molar-refractivity contribution is 0.0696. The van der Waals surface area contributed by atoms with E-state index >= 15 is 0 Å². The van der Waals surface area contributed by atoms with Crippen LogP contribution in [0.25, 0.3) is 0 Å². The number of hydrogen-bond donors (Lipinski definition) is 1. The van der Waals surface area contributed by atoms with Crippen molar-refractivity contribution in [1.82, 2.24) is 9.78 Å². The molecule has 1 rings (SSSR count). The Morgan fingerprint density at radius 1 is 1.86 bits per heavy atom. The SMILES string of the molecule is COC(C)Cn1ncc(C(=O)O)c1Cl. The third-order valence-electron chi connectivity index (χ3n) is 1.84. The molecule has 0 bridgehead atoms. The molecular weight excluding hydrogens is 208 g/mol. The molecule has 1 atom stereocenters. The Balaban J connectivity index is 2.84. The number of halogens is 1. The maximum atomic E-state index is 10.6. The quantitative estimate of drug-likeness (QED) is 0.827. The van der Waals surface area contributed by atoms with Gasteiger partial charge in [-0.05, 0) is 6.92 Å². The van der Waals surface area contributed by atoms with Gasteiger partial charge in [-0.3, -0.25) is 4.68 Å². The van der Waals surface area contributed by atoms with Gasteiger partial charge in [-0.1, -0.05) is 11.6 Å². The van der Waals surface area contributed by atoms with Crippen LogP contribution in [0.1, 0.15) is 17.3 Å². The average molecular weight is 219 g/mol. The molecule has 5 nitrogen and oxygen atoms in total. The summed E-state index contributed by atoms with van der Waals surface area (Å²) in [5.41, 5.74) is 0.00923. The van der Waals surface area contributed by atoms with Crippen LogP contribution in [0.5, 0.6) is 0 Å². The Kier molecular flexibility index (Phi) is 3.49. The van der Waals surface area contributed by atoms with Gasteiger partial charge >= 0.3 is 5.97 Å². The first-order chi connectivity index (χ1) is 6.56. The molecule has 1 unspecified atom stereocenters. The minimum atomic E-state index is -1.08. The van der Waals surface area contributed by atoms with Crippen molar-refractivity contribution in [3.63, 3.8) is 0 Å². The van der Waals surface area contributed by atoms with Crippen LogP contribution in [0, 0.1) is 0 Å². The Bertz CT molecular complexity index is 337. The highest BCUT2D eigenvalue weighted by Crippen LogP contribution is 2.15. The number of aromatic carboxylic acids is 1. The molecule has 0 saturated heterocycles. The lowest BCUT2D eigenvalue weighted by Crippen LogP contribution is -2.15. The zero-order valence-corrected chi connectivity index (χ0v) is 8.65. The smallest absolute Gasteiger partial charge is 0.340 e. The van der Waals surface area contributed by atoms with Gasteiger partial charge < -0.3 is 9.84 Å². The van der Waals surface area contributed by atoms with Crippen LogP contribution in [0.15, 0.2) is 6.20 Å². The number of ether oxygens (including phenoxy) is 1. The molecule has 78 valence electrons. The van der Waals surface area contributed by atoms with Crippen LogP contribution in [-0.4, -0.2) is 34.1 Å². The number of carboxylic acid groups (broad SMARTS) is 1. The number of nitrogens with zero attached hydrogens (tertiary/aromatic N) is 2. The maximum Gasteiger partial charge on any atom is 0.340 e. The number of carboxylic acids is 1. The lowest BCUT2D eigenvalue weighted by Gasteiger charge is -2.09. The molecule has 14 heavy (non-hydrogen) atoms. The van der Waals surface area contributed by atoms with Crippen molar-refractivity contribution >= 4 is 17.6 Å². The zero-order chi connectivity index (χ0) is 10.7. The van der Waals surface area contributed by atoms with Crippen molar-refractivity contribution in [2.75, 3.05) is 7.11 Å². The van der Waals surface area contributed by atoms with E-state index in [2.05, 4.69) is 5.10 Å². The number of methoxy groups -OCH3 is 1. The van der Waals surface area contributed by atoms with Gasteiger partial charge in [0, 0.05) is 7.11 Å². The second-order valence-corrected chi connectivity index (χ2v) is 3.24. The molecule has 1 aromatic rings. The third-order valence-corrected chi connectivity index (χ3v) is 2.24. The Morgan fingerprint density at radius 3 is 2.93 bits per heavy atom. The minimum absolute atomic E-state index is 0.00923. The van der Waals surface area contributed by atoms with Crippen molar-refractivity contribution in [3.05, 3.63) is 16.9 Å². The van der Waals surface area contributed by atoms with E-state index in [0.29, 0.717) is 6.54 Å². The highest BCUT2D eigenvalue weighted by molar-refractivity contribution is 6.32.